The van der Waals surface area contributed by atoms with Crippen LogP contribution in [0.15, 0.2) is 0 Å². The summed E-state index contributed by atoms with van der Waals surface area (Å²) in [6, 6.07) is 0.551. The first-order valence-electron chi connectivity index (χ1n) is 6.83. The molecule has 0 radical (unpaired) electrons. The third-order valence-corrected chi connectivity index (χ3v) is 4.61. The van der Waals surface area contributed by atoms with Crippen molar-refractivity contribution in [2.24, 2.45) is 5.92 Å². The molecular formula is C14H24N2S. The zero-order valence-electron chi connectivity index (χ0n) is 11.4. The van der Waals surface area contributed by atoms with Crippen LogP contribution in [0.4, 0.5) is 0 Å². The lowest BCUT2D eigenvalue weighted by atomic mass is 10.2. The Bertz CT molecular complexity index is 370. The first kappa shape index (κ1) is 13.0. The minimum absolute atomic E-state index is 0.551. The number of thiazole rings is 1. The molecule has 1 aromatic heterocycles. The van der Waals surface area contributed by atoms with Crippen LogP contribution in [-0.4, -0.2) is 11.0 Å². The molecular weight excluding hydrogens is 228 g/mol. The Morgan fingerprint density at radius 2 is 2.18 bits per heavy atom. The van der Waals surface area contributed by atoms with Crippen LogP contribution in [0, 0.1) is 5.92 Å². The average Bonchev–Trinajstić information content (AvgIpc) is 2.86. The van der Waals surface area contributed by atoms with Crippen molar-refractivity contribution in [3.05, 3.63) is 15.6 Å². The quantitative estimate of drug-likeness (QED) is 0.834. The summed E-state index contributed by atoms with van der Waals surface area (Å²) in [7, 11) is 0. The zero-order valence-corrected chi connectivity index (χ0v) is 12.2. The Kier molecular flexibility index (Phi) is 4.21. The van der Waals surface area contributed by atoms with Gasteiger partial charge in [-0.1, -0.05) is 34.1 Å². The van der Waals surface area contributed by atoms with E-state index in [0.717, 1.165) is 24.8 Å². The van der Waals surface area contributed by atoms with E-state index in [2.05, 4.69) is 33.0 Å². The molecule has 2 unspecified atom stereocenters. The first-order chi connectivity index (χ1) is 8.11. The molecule has 1 aromatic rings. The maximum absolute atomic E-state index is 4.87. The summed E-state index contributed by atoms with van der Waals surface area (Å²) in [5.74, 6) is 1.63. The first-order valence-corrected chi connectivity index (χ1v) is 7.65. The average molecular weight is 252 g/mol. The Morgan fingerprint density at radius 1 is 1.47 bits per heavy atom. The largest absolute Gasteiger partial charge is 0.310 e. The molecule has 1 saturated carbocycles. The van der Waals surface area contributed by atoms with Gasteiger partial charge in [0.2, 0.25) is 0 Å². The van der Waals surface area contributed by atoms with Crippen LogP contribution >= 0.6 is 11.3 Å². The van der Waals surface area contributed by atoms with Crippen LogP contribution in [0.5, 0.6) is 0 Å². The van der Waals surface area contributed by atoms with Crippen LogP contribution < -0.4 is 5.32 Å². The van der Waals surface area contributed by atoms with E-state index in [0.29, 0.717) is 6.04 Å². The summed E-state index contributed by atoms with van der Waals surface area (Å²) in [5.41, 5.74) is 1.35. The smallest absolute Gasteiger partial charge is 0.0965 e. The molecule has 96 valence electrons. The Labute approximate surface area is 109 Å². The highest BCUT2D eigenvalue weighted by atomic mass is 32.1. The predicted molar refractivity (Wildman–Crippen MR) is 74.6 cm³/mol. The molecule has 2 atom stereocenters. The molecule has 0 bridgehead atoms. The molecule has 0 saturated heterocycles. The SMILES string of the molecule is CCCc1nc(C2CC2C)sc1CNC(C)C. The second-order valence-corrected chi connectivity index (χ2v) is 6.64. The zero-order chi connectivity index (χ0) is 12.4. The number of rotatable bonds is 6. The van der Waals surface area contributed by atoms with Gasteiger partial charge in [-0.25, -0.2) is 4.98 Å². The van der Waals surface area contributed by atoms with Crippen molar-refractivity contribution in [1.29, 1.82) is 0 Å². The minimum Gasteiger partial charge on any atom is -0.310 e. The fourth-order valence-corrected chi connectivity index (χ4v) is 3.40. The lowest BCUT2D eigenvalue weighted by Crippen LogP contribution is -2.21. The van der Waals surface area contributed by atoms with Gasteiger partial charge in [0.15, 0.2) is 0 Å². The normalized spacial score (nSPS) is 23.4. The number of hydrogen-bond acceptors (Lipinski definition) is 3. The summed E-state index contributed by atoms with van der Waals surface area (Å²) in [5, 5.41) is 4.91. The molecule has 3 heteroatoms. The van der Waals surface area contributed by atoms with Gasteiger partial charge in [-0.15, -0.1) is 11.3 Å². The fourth-order valence-electron chi connectivity index (χ4n) is 2.10. The molecule has 1 fully saturated rings. The van der Waals surface area contributed by atoms with Crippen LogP contribution in [-0.2, 0) is 13.0 Å². The van der Waals surface area contributed by atoms with E-state index in [4.69, 9.17) is 4.98 Å². The van der Waals surface area contributed by atoms with Crippen LogP contribution in [0.25, 0.3) is 0 Å². The Morgan fingerprint density at radius 3 is 2.71 bits per heavy atom. The van der Waals surface area contributed by atoms with Crippen molar-refractivity contribution in [2.75, 3.05) is 0 Å². The highest BCUT2D eigenvalue weighted by Gasteiger charge is 2.37. The van der Waals surface area contributed by atoms with Crippen molar-refractivity contribution in [3.8, 4) is 0 Å². The number of nitrogens with zero attached hydrogens (tertiary/aromatic N) is 1. The summed E-state index contributed by atoms with van der Waals surface area (Å²) in [6.07, 6.45) is 3.67. The van der Waals surface area contributed by atoms with E-state index in [1.54, 1.807) is 0 Å². The van der Waals surface area contributed by atoms with Gasteiger partial charge in [0.25, 0.3) is 0 Å². The van der Waals surface area contributed by atoms with Gasteiger partial charge in [0.05, 0.1) is 10.7 Å². The summed E-state index contributed by atoms with van der Waals surface area (Å²) in [6.45, 7) is 9.95. The van der Waals surface area contributed by atoms with Gasteiger partial charge in [0.1, 0.15) is 0 Å². The van der Waals surface area contributed by atoms with E-state index in [1.165, 1.54) is 28.4 Å². The van der Waals surface area contributed by atoms with E-state index >= 15 is 0 Å². The summed E-state index contributed by atoms with van der Waals surface area (Å²) < 4.78 is 0. The van der Waals surface area contributed by atoms with Gasteiger partial charge in [-0.3, -0.25) is 0 Å². The topological polar surface area (TPSA) is 24.9 Å². The van der Waals surface area contributed by atoms with E-state index < -0.39 is 0 Å². The molecule has 1 aliphatic rings. The maximum Gasteiger partial charge on any atom is 0.0965 e. The summed E-state index contributed by atoms with van der Waals surface area (Å²) in [4.78, 5) is 6.34. The molecule has 1 heterocycles. The van der Waals surface area contributed by atoms with Gasteiger partial charge in [0, 0.05) is 23.4 Å². The second kappa shape index (κ2) is 5.49. The van der Waals surface area contributed by atoms with Gasteiger partial charge < -0.3 is 5.32 Å². The predicted octanol–water partition coefficient (Wildman–Crippen LogP) is 3.72. The van der Waals surface area contributed by atoms with Gasteiger partial charge >= 0.3 is 0 Å². The minimum atomic E-state index is 0.551. The molecule has 0 spiro atoms. The van der Waals surface area contributed by atoms with Crippen molar-refractivity contribution >= 4 is 11.3 Å². The molecule has 0 aliphatic heterocycles. The number of hydrogen-bond donors (Lipinski definition) is 1. The van der Waals surface area contributed by atoms with Gasteiger partial charge in [-0.2, -0.15) is 0 Å². The number of aryl methyl sites for hydroxylation is 1. The number of nitrogens with one attached hydrogen (secondary N) is 1. The lowest BCUT2D eigenvalue weighted by Gasteiger charge is -2.07. The molecule has 0 aromatic carbocycles. The molecule has 2 nitrogen and oxygen atoms in total. The monoisotopic (exact) mass is 252 g/mol. The van der Waals surface area contributed by atoms with Crippen molar-refractivity contribution < 1.29 is 0 Å². The lowest BCUT2D eigenvalue weighted by molar-refractivity contribution is 0.589. The Balaban J connectivity index is 2.08. The third-order valence-electron chi connectivity index (χ3n) is 3.38. The van der Waals surface area contributed by atoms with E-state index in [-0.39, 0.29) is 0 Å². The molecule has 1 N–H and O–H groups in total. The highest BCUT2D eigenvalue weighted by Crippen LogP contribution is 2.48. The highest BCUT2D eigenvalue weighted by molar-refractivity contribution is 7.11. The second-order valence-electron chi connectivity index (χ2n) is 5.53. The van der Waals surface area contributed by atoms with Crippen molar-refractivity contribution in [2.45, 2.75) is 65.5 Å². The third kappa shape index (κ3) is 3.29. The fraction of sp³-hybridized carbons (Fsp3) is 0.786. The summed E-state index contributed by atoms with van der Waals surface area (Å²) >= 11 is 1.94. The van der Waals surface area contributed by atoms with Crippen molar-refractivity contribution in [1.82, 2.24) is 10.3 Å². The Hall–Kier alpha value is -0.410. The molecule has 0 amide bonds. The van der Waals surface area contributed by atoms with Crippen LogP contribution in [0.3, 0.4) is 0 Å². The van der Waals surface area contributed by atoms with Crippen LogP contribution in [0.2, 0.25) is 0 Å². The van der Waals surface area contributed by atoms with E-state index in [9.17, 15) is 0 Å². The number of aromatic nitrogens is 1. The molecule has 17 heavy (non-hydrogen) atoms. The van der Waals surface area contributed by atoms with Gasteiger partial charge in [-0.05, 0) is 18.8 Å². The molecule has 2 rings (SSSR count). The molecule has 1 aliphatic carbocycles. The van der Waals surface area contributed by atoms with E-state index in [1.807, 2.05) is 11.3 Å². The van der Waals surface area contributed by atoms with Crippen LogP contribution in [0.1, 0.15) is 62.0 Å². The standard InChI is InChI=1S/C14H24N2S/c1-5-6-12-13(8-15-9(2)3)17-14(16-12)11-7-10(11)4/h9-11,15H,5-8H2,1-4H3. The maximum atomic E-state index is 4.87. The van der Waals surface area contributed by atoms with Crippen molar-refractivity contribution in [3.63, 3.8) is 0 Å².